The highest BCUT2D eigenvalue weighted by atomic mass is 16.6. The van der Waals surface area contributed by atoms with Crippen molar-refractivity contribution in [2.24, 2.45) is 5.92 Å². The molecule has 0 saturated carbocycles. The van der Waals surface area contributed by atoms with Crippen LogP contribution >= 0.6 is 0 Å². The number of anilines is 1. The van der Waals surface area contributed by atoms with Gasteiger partial charge < -0.3 is 15.4 Å². The highest BCUT2D eigenvalue weighted by Gasteiger charge is 2.26. The number of nitro groups is 1. The molecule has 2 aromatic rings. The molecule has 2 N–H and O–H groups in total. The Kier molecular flexibility index (Phi) is 6.70. The van der Waals surface area contributed by atoms with Crippen LogP contribution in [0.15, 0.2) is 42.5 Å². The minimum atomic E-state index is -0.836. The molecular formula is C20H23N3O5. The number of nitrogens with zero attached hydrogens (tertiary/aromatic N) is 1. The van der Waals surface area contributed by atoms with E-state index in [9.17, 15) is 19.7 Å². The molecule has 1 atom stereocenters. The van der Waals surface area contributed by atoms with E-state index in [1.807, 2.05) is 13.0 Å². The third-order valence-electron chi connectivity index (χ3n) is 4.17. The first-order valence-electron chi connectivity index (χ1n) is 8.73. The van der Waals surface area contributed by atoms with Crippen molar-refractivity contribution in [1.29, 1.82) is 0 Å². The van der Waals surface area contributed by atoms with E-state index in [1.54, 1.807) is 32.0 Å². The molecule has 148 valence electrons. The van der Waals surface area contributed by atoms with Crippen LogP contribution in [-0.2, 0) is 4.79 Å². The van der Waals surface area contributed by atoms with E-state index in [0.717, 1.165) is 5.56 Å². The summed E-state index contributed by atoms with van der Waals surface area (Å²) >= 11 is 0. The van der Waals surface area contributed by atoms with Gasteiger partial charge in [0.1, 0.15) is 11.8 Å². The summed E-state index contributed by atoms with van der Waals surface area (Å²) in [5.41, 5.74) is 1.36. The minimum absolute atomic E-state index is 0.164. The number of benzene rings is 2. The van der Waals surface area contributed by atoms with Gasteiger partial charge in [-0.3, -0.25) is 19.7 Å². The lowest BCUT2D eigenvalue weighted by Gasteiger charge is -2.22. The fourth-order valence-corrected chi connectivity index (χ4v) is 2.66. The third-order valence-corrected chi connectivity index (χ3v) is 4.17. The number of nitro benzene ring substituents is 1. The van der Waals surface area contributed by atoms with Crippen molar-refractivity contribution in [3.63, 3.8) is 0 Å². The standard InChI is InChI=1S/C20H23N3O5/c1-12(2)18(22-19(24)14-7-5-6-13(3)10-14)20(25)21-16-11-15(23(26)27)8-9-17(16)28-4/h5-12,18H,1-4H3,(H,21,25)(H,22,24)/t18-/m0/s1. The number of hydrogen-bond acceptors (Lipinski definition) is 5. The number of aryl methyl sites for hydroxylation is 1. The first-order valence-corrected chi connectivity index (χ1v) is 8.73. The van der Waals surface area contributed by atoms with Crippen molar-refractivity contribution in [3.05, 3.63) is 63.7 Å². The van der Waals surface area contributed by atoms with Crippen molar-refractivity contribution in [1.82, 2.24) is 5.32 Å². The first kappa shape index (κ1) is 20.9. The van der Waals surface area contributed by atoms with Gasteiger partial charge in [-0.25, -0.2) is 0 Å². The van der Waals surface area contributed by atoms with Crippen LogP contribution in [0.1, 0.15) is 29.8 Å². The summed E-state index contributed by atoms with van der Waals surface area (Å²) < 4.78 is 5.16. The van der Waals surface area contributed by atoms with Crippen LogP contribution in [0.25, 0.3) is 0 Å². The van der Waals surface area contributed by atoms with Crippen molar-refractivity contribution in [2.75, 3.05) is 12.4 Å². The number of non-ortho nitro benzene ring substituents is 1. The van der Waals surface area contributed by atoms with Crippen molar-refractivity contribution in [2.45, 2.75) is 26.8 Å². The largest absolute Gasteiger partial charge is 0.495 e. The van der Waals surface area contributed by atoms with Gasteiger partial charge in [0.25, 0.3) is 11.6 Å². The summed E-state index contributed by atoms with van der Waals surface area (Å²) in [6.45, 7) is 5.47. The van der Waals surface area contributed by atoms with E-state index in [4.69, 9.17) is 4.74 Å². The van der Waals surface area contributed by atoms with Crippen molar-refractivity contribution in [3.8, 4) is 5.75 Å². The lowest BCUT2D eigenvalue weighted by molar-refractivity contribution is -0.384. The number of hydrogen-bond donors (Lipinski definition) is 2. The quantitative estimate of drug-likeness (QED) is 0.561. The number of rotatable bonds is 7. The summed E-state index contributed by atoms with van der Waals surface area (Å²) in [5, 5.41) is 16.4. The van der Waals surface area contributed by atoms with Gasteiger partial charge in [0.2, 0.25) is 5.91 Å². The highest BCUT2D eigenvalue weighted by Crippen LogP contribution is 2.29. The van der Waals surface area contributed by atoms with Crippen molar-refractivity contribution >= 4 is 23.2 Å². The maximum atomic E-state index is 12.8. The van der Waals surface area contributed by atoms with E-state index in [0.29, 0.717) is 5.56 Å². The van der Waals surface area contributed by atoms with Crippen LogP contribution in [-0.4, -0.2) is 29.9 Å². The summed E-state index contributed by atoms with van der Waals surface area (Å²) in [7, 11) is 1.40. The zero-order valence-electron chi connectivity index (χ0n) is 16.2. The van der Waals surface area contributed by atoms with E-state index >= 15 is 0 Å². The Balaban J connectivity index is 2.23. The molecule has 0 fully saturated rings. The molecule has 0 saturated heterocycles. The van der Waals surface area contributed by atoms with Gasteiger partial charge in [0.05, 0.1) is 17.7 Å². The normalized spacial score (nSPS) is 11.6. The average molecular weight is 385 g/mol. The Labute approximate surface area is 163 Å². The van der Waals surface area contributed by atoms with Gasteiger partial charge in [0, 0.05) is 17.7 Å². The maximum Gasteiger partial charge on any atom is 0.271 e. The molecule has 0 aliphatic rings. The molecule has 8 heteroatoms. The number of nitrogens with one attached hydrogen (secondary N) is 2. The van der Waals surface area contributed by atoms with Crippen LogP contribution in [0.5, 0.6) is 5.75 Å². The van der Waals surface area contributed by atoms with Gasteiger partial charge in [0.15, 0.2) is 0 Å². The molecule has 0 bridgehead atoms. The van der Waals surface area contributed by atoms with E-state index in [2.05, 4.69) is 10.6 Å². The fourth-order valence-electron chi connectivity index (χ4n) is 2.66. The van der Waals surface area contributed by atoms with Crippen LogP contribution in [0.3, 0.4) is 0 Å². The van der Waals surface area contributed by atoms with Gasteiger partial charge >= 0.3 is 0 Å². The molecule has 0 aliphatic heterocycles. The Hall–Kier alpha value is -3.42. The summed E-state index contributed by atoms with van der Waals surface area (Å²) in [4.78, 5) is 35.8. The molecular weight excluding hydrogens is 362 g/mol. The van der Waals surface area contributed by atoms with Crippen LogP contribution < -0.4 is 15.4 Å². The molecule has 28 heavy (non-hydrogen) atoms. The Bertz CT molecular complexity index is 895. The molecule has 2 amide bonds. The zero-order valence-corrected chi connectivity index (χ0v) is 16.2. The molecule has 0 aromatic heterocycles. The molecule has 2 rings (SSSR count). The lowest BCUT2D eigenvalue weighted by Crippen LogP contribution is -2.47. The zero-order chi connectivity index (χ0) is 20.8. The average Bonchev–Trinajstić information content (AvgIpc) is 2.65. The monoisotopic (exact) mass is 385 g/mol. The predicted octanol–water partition coefficient (Wildman–Crippen LogP) is 3.30. The Morgan fingerprint density at radius 2 is 1.86 bits per heavy atom. The lowest BCUT2D eigenvalue weighted by atomic mass is 10.0. The van der Waals surface area contributed by atoms with Gasteiger partial charge in [-0.05, 0) is 31.0 Å². The van der Waals surface area contributed by atoms with Crippen LogP contribution in [0, 0.1) is 23.0 Å². The summed E-state index contributed by atoms with van der Waals surface area (Å²) in [5.74, 6) is -0.789. The molecule has 2 aromatic carbocycles. The maximum absolute atomic E-state index is 12.8. The first-order chi connectivity index (χ1) is 13.2. The second kappa shape index (κ2) is 8.98. The molecule has 0 heterocycles. The number of amides is 2. The number of carbonyl (C=O) groups is 2. The van der Waals surface area contributed by atoms with Crippen molar-refractivity contribution < 1.29 is 19.2 Å². The Morgan fingerprint density at radius 1 is 1.14 bits per heavy atom. The predicted molar refractivity (Wildman–Crippen MR) is 106 cm³/mol. The summed E-state index contributed by atoms with van der Waals surface area (Å²) in [6.07, 6.45) is 0. The van der Waals surface area contributed by atoms with Crippen LogP contribution in [0.4, 0.5) is 11.4 Å². The topological polar surface area (TPSA) is 111 Å². The SMILES string of the molecule is COc1ccc([N+](=O)[O-])cc1NC(=O)[C@@H](NC(=O)c1cccc(C)c1)C(C)C. The molecule has 0 aliphatic carbocycles. The van der Waals surface area contributed by atoms with E-state index < -0.39 is 16.9 Å². The Morgan fingerprint density at radius 3 is 2.43 bits per heavy atom. The molecule has 0 spiro atoms. The van der Waals surface area contributed by atoms with Gasteiger partial charge in [-0.2, -0.15) is 0 Å². The van der Waals surface area contributed by atoms with E-state index in [1.165, 1.54) is 25.3 Å². The second-order valence-corrected chi connectivity index (χ2v) is 6.70. The minimum Gasteiger partial charge on any atom is -0.495 e. The van der Waals surface area contributed by atoms with Gasteiger partial charge in [-0.1, -0.05) is 31.5 Å². The number of ether oxygens (including phenoxy) is 1. The molecule has 0 unspecified atom stereocenters. The summed E-state index contributed by atoms with van der Waals surface area (Å²) in [6, 6.07) is 10.1. The third kappa shape index (κ3) is 5.06. The van der Waals surface area contributed by atoms with E-state index in [-0.39, 0.29) is 28.9 Å². The smallest absolute Gasteiger partial charge is 0.271 e. The van der Waals surface area contributed by atoms with Crippen LogP contribution in [0.2, 0.25) is 0 Å². The second-order valence-electron chi connectivity index (χ2n) is 6.70. The number of carbonyl (C=O) groups excluding carboxylic acids is 2. The number of methoxy groups -OCH3 is 1. The molecule has 0 radical (unpaired) electrons. The van der Waals surface area contributed by atoms with Gasteiger partial charge in [-0.15, -0.1) is 0 Å². The fraction of sp³-hybridized carbons (Fsp3) is 0.300. The molecule has 8 nitrogen and oxygen atoms in total. The highest BCUT2D eigenvalue weighted by molar-refractivity contribution is 6.02.